The highest BCUT2D eigenvalue weighted by Gasteiger charge is 2.20. The van der Waals surface area contributed by atoms with Gasteiger partial charge in [0.1, 0.15) is 0 Å². The molecule has 33 heavy (non-hydrogen) atoms. The van der Waals surface area contributed by atoms with Gasteiger partial charge in [0.25, 0.3) is 0 Å². The van der Waals surface area contributed by atoms with Crippen molar-refractivity contribution >= 4 is 0 Å². The fourth-order valence-electron chi connectivity index (χ4n) is 5.49. The van der Waals surface area contributed by atoms with E-state index in [1.54, 1.807) is 0 Å². The highest BCUT2D eigenvalue weighted by atomic mass is 14.3. The van der Waals surface area contributed by atoms with Crippen molar-refractivity contribution in [1.29, 1.82) is 0 Å². The van der Waals surface area contributed by atoms with E-state index in [2.05, 4.69) is 27.7 Å². The van der Waals surface area contributed by atoms with E-state index in [9.17, 15) is 0 Å². The summed E-state index contributed by atoms with van der Waals surface area (Å²) < 4.78 is 0. The van der Waals surface area contributed by atoms with E-state index in [4.69, 9.17) is 0 Å². The molecule has 0 bridgehead atoms. The van der Waals surface area contributed by atoms with Gasteiger partial charge in [0.2, 0.25) is 0 Å². The Bertz CT molecular complexity index is 333. The minimum Gasteiger partial charge on any atom is -0.0654 e. The number of unbranched alkanes of at least 4 members (excludes halogenated alkanes) is 19. The Morgan fingerprint density at radius 1 is 0.333 bits per heavy atom. The summed E-state index contributed by atoms with van der Waals surface area (Å²) in [7, 11) is 0. The van der Waals surface area contributed by atoms with Crippen LogP contribution in [0, 0.1) is 11.8 Å². The van der Waals surface area contributed by atoms with Crippen molar-refractivity contribution in [3.8, 4) is 0 Å². The third kappa shape index (κ3) is 23.5. The fraction of sp³-hybridized carbons (Fsp3) is 0.970. The van der Waals surface area contributed by atoms with Crippen LogP contribution in [0.15, 0.2) is 0 Å². The van der Waals surface area contributed by atoms with E-state index in [1.807, 2.05) is 5.92 Å². The summed E-state index contributed by atoms with van der Waals surface area (Å²) in [6.07, 6.45) is 39.2. The van der Waals surface area contributed by atoms with E-state index < -0.39 is 0 Å². The highest BCUT2D eigenvalue weighted by molar-refractivity contribution is 4.96. The molecular weight excluding hydrogens is 396 g/mol. The molecule has 0 aliphatic rings. The molecular formula is C33H67. The second-order valence-electron chi connectivity index (χ2n) is 11.2. The summed E-state index contributed by atoms with van der Waals surface area (Å²) in [4.78, 5) is 0. The zero-order chi connectivity index (χ0) is 24.2. The molecule has 199 valence electrons. The first-order valence-electron chi connectivity index (χ1n) is 16.1. The third-order valence-corrected chi connectivity index (χ3v) is 7.84. The zero-order valence-corrected chi connectivity index (χ0v) is 24.2. The molecule has 0 spiro atoms. The standard InChI is InChI=1S/C33H67/c1-5-9-13-15-17-19-21-23-26-30-32(28-12-8-4)33(29-25-11-7-3)31-27-24-22-20-18-16-14-10-6-2/h33H,5-31H2,1-4H3. The third-order valence-electron chi connectivity index (χ3n) is 7.84. The average molecular weight is 464 g/mol. The fourth-order valence-corrected chi connectivity index (χ4v) is 5.49. The molecule has 0 N–H and O–H groups in total. The van der Waals surface area contributed by atoms with Crippen LogP contribution in [0.3, 0.4) is 0 Å². The Labute approximate surface area is 212 Å². The van der Waals surface area contributed by atoms with Crippen LogP contribution in [0.1, 0.15) is 201 Å². The van der Waals surface area contributed by atoms with Crippen LogP contribution >= 0.6 is 0 Å². The van der Waals surface area contributed by atoms with Crippen LogP contribution in [0.5, 0.6) is 0 Å². The molecule has 1 atom stereocenters. The van der Waals surface area contributed by atoms with Crippen LogP contribution in [0.4, 0.5) is 0 Å². The van der Waals surface area contributed by atoms with Crippen molar-refractivity contribution in [3.63, 3.8) is 0 Å². The van der Waals surface area contributed by atoms with E-state index in [0.717, 1.165) is 5.92 Å². The van der Waals surface area contributed by atoms with Gasteiger partial charge >= 0.3 is 0 Å². The first-order valence-corrected chi connectivity index (χ1v) is 16.1. The molecule has 0 saturated carbocycles. The van der Waals surface area contributed by atoms with Gasteiger partial charge in [-0.25, -0.2) is 0 Å². The Morgan fingerprint density at radius 3 is 1.09 bits per heavy atom. The van der Waals surface area contributed by atoms with Crippen LogP contribution < -0.4 is 0 Å². The summed E-state index contributed by atoms with van der Waals surface area (Å²) in [6.45, 7) is 9.37. The molecule has 0 heterocycles. The van der Waals surface area contributed by atoms with Crippen LogP contribution in [0.25, 0.3) is 0 Å². The minimum atomic E-state index is 0.946. The first-order chi connectivity index (χ1) is 16.3. The van der Waals surface area contributed by atoms with E-state index in [-0.39, 0.29) is 0 Å². The molecule has 0 saturated heterocycles. The summed E-state index contributed by atoms with van der Waals surface area (Å²) in [5.41, 5.74) is 0. The SMILES string of the molecule is CCCCCCCCCCC[C](CCCC)C(CCCCC)CCCCCCCCCCC. The van der Waals surface area contributed by atoms with E-state index >= 15 is 0 Å². The number of rotatable bonds is 28. The highest BCUT2D eigenvalue weighted by Crippen LogP contribution is 2.35. The van der Waals surface area contributed by atoms with Gasteiger partial charge in [-0.05, 0) is 37.5 Å². The number of hydrogen-bond donors (Lipinski definition) is 0. The van der Waals surface area contributed by atoms with Gasteiger partial charge in [-0.2, -0.15) is 0 Å². The molecule has 0 aliphatic heterocycles. The molecule has 0 rings (SSSR count). The largest absolute Gasteiger partial charge is 0.0654 e. The topological polar surface area (TPSA) is 0 Å². The lowest BCUT2D eigenvalue weighted by molar-refractivity contribution is 0.375. The summed E-state index contributed by atoms with van der Waals surface area (Å²) >= 11 is 0. The van der Waals surface area contributed by atoms with Gasteiger partial charge in [0.15, 0.2) is 0 Å². The maximum absolute atomic E-state index is 2.38. The van der Waals surface area contributed by atoms with Gasteiger partial charge in [0, 0.05) is 0 Å². The lowest BCUT2D eigenvalue weighted by Crippen LogP contribution is -2.14. The minimum absolute atomic E-state index is 0.946. The summed E-state index contributed by atoms with van der Waals surface area (Å²) in [5.74, 6) is 2.93. The smallest absolute Gasteiger partial charge is 0.0210 e. The Hall–Kier alpha value is 0. The molecule has 0 aromatic rings. The summed E-state index contributed by atoms with van der Waals surface area (Å²) in [6, 6.07) is 0. The molecule has 1 radical (unpaired) electrons. The van der Waals surface area contributed by atoms with Gasteiger partial charge in [-0.1, -0.05) is 175 Å². The summed E-state index contributed by atoms with van der Waals surface area (Å²) in [5, 5.41) is 0. The van der Waals surface area contributed by atoms with Gasteiger partial charge in [0.05, 0.1) is 0 Å². The molecule has 0 amide bonds. The van der Waals surface area contributed by atoms with E-state index in [0.29, 0.717) is 0 Å². The van der Waals surface area contributed by atoms with Crippen molar-refractivity contribution in [2.24, 2.45) is 5.92 Å². The first kappa shape index (κ1) is 33.0. The van der Waals surface area contributed by atoms with Crippen LogP contribution in [-0.2, 0) is 0 Å². The lowest BCUT2D eigenvalue weighted by atomic mass is 9.78. The Kier molecular flexibility index (Phi) is 28.2. The maximum Gasteiger partial charge on any atom is -0.0210 e. The Balaban J connectivity index is 4.24. The molecule has 0 nitrogen and oxygen atoms in total. The molecule has 0 aromatic carbocycles. The molecule has 0 heteroatoms. The molecule has 0 aliphatic carbocycles. The zero-order valence-electron chi connectivity index (χ0n) is 24.2. The predicted octanol–water partition coefficient (Wildman–Crippen LogP) is 12.8. The van der Waals surface area contributed by atoms with Crippen molar-refractivity contribution in [3.05, 3.63) is 5.92 Å². The molecule has 0 aromatic heterocycles. The number of hydrogen-bond acceptors (Lipinski definition) is 0. The normalized spacial score (nSPS) is 12.6. The van der Waals surface area contributed by atoms with Crippen molar-refractivity contribution in [2.75, 3.05) is 0 Å². The van der Waals surface area contributed by atoms with Gasteiger partial charge < -0.3 is 0 Å². The van der Waals surface area contributed by atoms with E-state index in [1.165, 1.54) is 173 Å². The predicted molar refractivity (Wildman–Crippen MR) is 154 cm³/mol. The second kappa shape index (κ2) is 28.2. The Morgan fingerprint density at radius 2 is 0.636 bits per heavy atom. The van der Waals surface area contributed by atoms with Crippen molar-refractivity contribution < 1.29 is 0 Å². The average Bonchev–Trinajstić information content (AvgIpc) is 2.83. The lowest BCUT2D eigenvalue weighted by Gasteiger charge is -2.27. The second-order valence-corrected chi connectivity index (χ2v) is 11.2. The maximum atomic E-state index is 2.38. The quantitative estimate of drug-likeness (QED) is 0.101. The van der Waals surface area contributed by atoms with Crippen molar-refractivity contribution in [2.45, 2.75) is 201 Å². The van der Waals surface area contributed by atoms with Crippen LogP contribution in [0.2, 0.25) is 0 Å². The van der Waals surface area contributed by atoms with Gasteiger partial charge in [-0.15, -0.1) is 0 Å². The molecule has 0 fully saturated rings. The van der Waals surface area contributed by atoms with Crippen molar-refractivity contribution in [1.82, 2.24) is 0 Å². The van der Waals surface area contributed by atoms with Gasteiger partial charge in [-0.3, -0.25) is 0 Å². The van der Waals surface area contributed by atoms with Crippen LogP contribution in [-0.4, -0.2) is 0 Å². The molecule has 1 unspecified atom stereocenters. The monoisotopic (exact) mass is 464 g/mol.